The first-order valence-corrected chi connectivity index (χ1v) is 3.90. The van der Waals surface area contributed by atoms with Crippen LogP contribution < -0.4 is 11.5 Å². The van der Waals surface area contributed by atoms with Gasteiger partial charge in [0.25, 0.3) is 0 Å². The Bertz CT molecular complexity index is 273. The van der Waals surface area contributed by atoms with Crippen LogP contribution in [0.2, 0.25) is 0 Å². The van der Waals surface area contributed by atoms with Crippen LogP contribution in [0.25, 0.3) is 0 Å². The molecular weight excluding hydrogens is 152 g/mol. The fourth-order valence-electron chi connectivity index (χ4n) is 1.10. The van der Waals surface area contributed by atoms with Crippen LogP contribution in [0.4, 0.5) is 0 Å². The Kier molecular flexibility index (Phi) is 2.68. The van der Waals surface area contributed by atoms with Gasteiger partial charge in [0.05, 0.1) is 0 Å². The maximum absolute atomic E-state index is 9.40. The fraction of sp³-hybridized carbons (Fsp3) is 0.333. The monoisotopic (exact) mass is 166 g/mol. The summed E-state index contributed by atoms with van der Waals surface area (Å²) in [4.78, 5) is 0. The quantitative estimate of drug-likeness (QED) is 0.604. The summed E-state index contributed by atoms with van der Waals surface area (Å²) in [5.74, 6) is 0.221. The van der Waals surface area contributed by atoms with Gasteiger partial charge in [0.2, 0.25) is 0 Å². The molecule has 0 heterocycles. The minimum Gasteiger partial charge on any atom is -0.508 e. The summed E-state index contributed by atoms with van der Waals surface area (Å²) in [6, 6.07) is 5.06. The largest absolute Gasteiger partial charge is 0.508 e. The second-order valence-corrected chi connectivity index (χ2v) is 2.90. The number of hydrogen-bond acceptors (Lipinski definition) is 3. The highest BCUT2D eigenvalue weighted by molar-refractivity contribution is 5.37. The molecule has 3 heteroatoms. The summed E-state index contributed by atoms with van der Waals surface area (Å²) in [7, 11) is 0. The number of phenolic OH excluding ortho intramolecular Hbond substituents is 1. The highest BCUT2D eigenvalue weighted by Crippen LogP contribution is 2.22. The van der Waals surface area contributed by atoms with E-state index in [0.29, 0.717) is 6.54 Å². The van der Waals surface area contributed by atoms with Crippen LogP contribution >= 0.6 is 0 Å². The van der Waals surface area contributed by atoms with Gasteiger partial charge in [-0.05, 0) is 13.0 Å². The zero-order valence-corrected chi connectivity index (χ0v) is 7.12. The molecule has 0 bridgehead atoms. The normalized spacial score (nSPS) is 12.9. The van der Waals surface area contributed by atoms with Crippen molar-refractivity contribution in [2.45, 2.75) is 13.0 Å². The SMILES string of the molecule is Cc1ccc(O)c([C@@H](N)CN)c1. The van der Waals surface area contributed by atoms with E-state index in [1.807, 2.05) is 19.1 Å². The van der Waals surface area contributed by atoms with Gasteiger partial charge in [-0.1, -0.05) is 17.7 Å². The third-order valence-electron chi connectivity index (χ3n) is 1.84. The number of benzene rings is 1. The third kappa shape index (κ3) is 1.75. The van der Waals surface area contributed by atoms with Gasteiger partial charge in [-0.15, -0.1) is 0 Å². The molecule has 12 heavy (non-hydrogen) atoms. The van der Waals surface area contributed by atoms with Crippen LogP contribution in [-0.4, -0.2) is 11.7 Å². The van der Waals surface area contributed by atoms with E-state index >= 15 is 0 Å². The van der Waals surface area contributed by atoms with Gasteiger partial charge in [0, 0.05) is 18.2 Å². The topological polar surface area (TPSA) is 72.3 Å². The maximum atomic E-state index is 9.40. The smallest absolute Gasteiger partial charge is 0.120 e. The van der Waals surface area contributed by atoms with E-state index in [0.717, 1.165) is 11.1 Å². The van der Waals surface area contributed by atoms with E-state index < -0.39 is 0 Å². The van der Waals surface area contributed by atoms with Gasteiger partial charge >= 0.3 is 0 Å². The number of nitrogens with two attached hydrogens (primary N) is 2. The molecule has 66 valence electrons. The Morgan fingerprint density at radius 2 is 2.17 bits per heavy atom. The van der Waals surface area contributed by atoms with Crippen LogP contribution in [0.3, 0.4) is 0 Å². The first kappa shape index (κ1) is 9.03. The summed E-state index contributed by atoms with van der Waals surface area (Å²) in [6.07, 6.45) is 0. The van der Waals surface area contributed by atoms with Crippen molar-refractivity contribution in [3.05, 3.63) is 29.3 Å². The minimum atomic E-state index is -0.273. The summed E-state index contributed by atoms with van der Waals surface area (Å²) >= 11 is 0. The van der Waals surface area contributed by atoms with Gasteiger partial charge in [-0.3, -0.25) is 0 Å². The zero-order chi connectivity index (χ0) is 9.14. The molecule has 1 aromatic carbocycles. The average Bonchev–Trinajstić information content (AvgIpc) is 2.08. The van der Waals surface area contributed by atoms with Gasteiger partial charge in [0.1, 0.15) is 5.75 Å². The van der Waals surface area contributed by atoms with Crippen LogP contribution in [0.15, 0.2) is 18.2 Å². The fourth-order valence-corrected chi connectivity index (χ4v) is 1.10. The molecular formula is C9H14N2O. The predicted molar refractivity (Wildman–Crippen MR) is 48.8 cm³/mol. The Morgan fingerprint density at radius 3 is 2.75 bits per heavy atom. The summed E-state index contributed by atoms with van der Waals surface area (Å²) in [5, 5.41) is 9.40. The van der Waals surface area contributed by atoms with Crippen molar-refractivity contribution >= 4 is 0 Å². The standard InChI is InChI=1S/C9H14N2O/c1-6-2-3-9(12)7(4-6)8(11)5-10/h2-4,8,12H,5,10-11H2,1H3/t8-/m0/s1. The summed E-state index contributed by atoms with van der Waals surface area (Å²) in [6.45, 7) is 2.29. The van der Waals surface area contributed by atoms with E-state index in [4.69, 9.17) is 11.5 Å². The molecule has 0 unspecified atom stereocenters. The van der Waals surface area contributed by atoms with Crippen molar-refractivity contribution in [1.29, 1.82) is 0 Å². The van der Waals surface area contributed by atoms with Crippen molar-refractivity contribution in [1.82, 2.24) is 0 Å². The van der Waals surface area contributed by atoms with E-state index in [1.54, 1.807) is 6.07 Å². The minimum absolute atomic E-state index is 0.221. The molecule has 1 aromatic rings. The molecule has 0 amide bonds. The first-order chi connectivity index (χ1) is 5.65. The van der Waals surface area contributed by atoms with Crippen molar-refractivity contribution < 1.29 is 5.11 Å². The molecule has 0 saturated carbocycles. The molecule has 0 saturated heterocycles. The molecule has 3 nitrogen and oxygen atoms in total. The lowest BCUT2D eigenvalue weighted by Gasteiger charge is -2.11. The van der Waals surface area contributed by atoms with Crippen molar-refractivity contribution in [2.75, 3.05) is 6.54 Å². The first-order valence-electron chi connectivity index (χ1n) is 3.90. The molecule has 0 aromatic heterocycles. The lowest BCUT2D eigenvalue weighted by atomic mass is 10.0. The van der Waals surface area contributed by atoms with Crippen molar-refractivity contribution in [3.8, 4) is 5.75 Å². The second-order valence-electron chi connectivity index (χ2n) is 2.90. The molecule has 0 spiro atoms. The lowest BCUT2D eigenvalue weighted by molar-refractivity contribution is 0.462. The van der Waals surface area contributed by atoms with Crippen LogP contribution in [0, 0.1) is 6.92 Å². The predicted octanol–water partition coefficient (Wildman–Crippen LogP) is 0.659. The number of aryl methyl sites for hydroxylation is 1. The van der Waals surface area contributed by atoms with Gasteiger partial charge in [-0.25, -0.2) is 0 Å². The molecule has 1 atom stereocenters. The number of rotatable bonds is 2. The third-order valence-corrected chi connectivity index (χ3v) is 1.84. The lowest BCUT2D eigenvalue weighted by Crippen LogP contribution is -2.20. The van der Waals surface area contributed by atoms with Crippen molar-refractivity contribution in [3.63, 3.8) is 0 Å². The van der Waals surface area contributed by atoms with Crippen LogP contribution in [-0.2, 0) is 0 Å². The second kappa shape index (κ2) is 3.56. The Labute approximate surface area is 72.0 Å². The van der Waals surface area contributed by atoms with Crippen LogP contribution in [0.5, 0.6) is 5.75 Å². The zero-order valence-electron chi connectivity index (χ0n) is 7.12. The molecule has 0 fully saturated rings. The molecule has 1 rings (SSSR count). The Morgan fingerprint density at radius 1 is 1.50 bits per heavy atom. The van der Waals surface area contributed by atoms with Gasteiger partial charge in [-0.2, -0.15) is 0 Å². The van der Waals surface area contributed by atoms with Crippen LogP contribution in [0.1, 0.15) is 17.2 Å². The highest BCUT2D eigenvalue weighted by Gasteiger charge is 2.08. The number of hydrogen-bond donors (Lipinski definition) is 3. The van der Waals surface area contributed by atoms with E-state index in [9.17, 15) is 5.11 Å². The summed E-state index contributed by atoms with van der Waals surface area (Å²) in [5.41, 5.74) is 12.9. The van der Waals surface area contributed by atoms with E-state index in [2.05, 4.69) is 0 Å². The Hall–Kier alpha value is -1.06. The number of phenols is 1. The van der Waals surface area contributed by atoms with Crippen molar-refractivity contribution in [2.24, 2.45) is 11.5 Å². The average molecular weight is 166 g/mol. The van der Waals surface area contributed by atoms with Gasteiger partial charge < -0.3 is 16.6 Å². The Balaban J connectivity index is 3.04. The molecule has 0 aliphatic heterocycles. The molecule has 0 aliphatic rings. The summed E-state index contributed by atoms with van der Waals surface area (Å²) < 4.78 is 0. The van der Waals surface area contributed by atoms with E-state index in [1.165, 1.54) is 0 Å². The molecule has 0 radical (unpaired) electrons. The number of aromatic hydroxyl groups is 1. The molecule has 5 N–H and O–H groups in total. The van der Waals surface area contributed by atoms with Gasteiger partial charge in [0.15, 0.2) is 0 Å². The molecule has 0 aliphatic carbocycles. The highest BCUT2D eigenvalue weighted by atomic mass is 16.3. The maximum Gasteiger partial charge on any atom is 0.120 e. The van der Waals surface area contributed by atoms with E-state index in [-0.39, 0.29) is 11.8 Å².